The average Bonchev–Trinajstić information content (AvgIpc) is 2.27. The molecule has 0 spiro atoms. The van der Waals surface area contributed by atoms with Crippen LogP contribution in [0.5, 0.6) is 0 Å². The van der Waals surface area contributed by atoms with E-state index in [0.717, 1.165) is 5.56 Å². The smallest absolute Gasteiger partial charge is 0.223 e. The molecule has 0 fully saturated rings. The summed E-state index contributed by atoms with van der Waals surface area (Å²) in [6, 6.07) is 9.05. The van der Waals surface area contributed by atoms with Crippen LogP contribution in [0, 0.1) is 11.8 Å². The summed E-state index contributed by atoms with van der Waals surface area (Å²) in [6.45, 7) is 0. The van der Waals surface area contributed by atoms with Gasteiger partial charge in [0.1, 0.15) is 5.69 Å². The monoisotopic (exact) mass is 229 g/mol. The summed E-state index contributed by atoms with van der Waals surface area (Å²) < 4.78 is 0. The first-order valence-electron chi connectivity index (χ1n) is 4.60. The molecule has 0 aliphatic rings. The third-order valence-corrected chi connectivity index (χ3v) is 2.03. The highest BCUT2D eigenvalue weighted by atomic mass is 35.5. The molecule has 0 radical (unpaired) electrons. The van der Waals surface area contributed by atoms with Crippen LogP contribution in [0.1, 0.15) is 11.3 Å². The molecule has 1 aromatic heterocycles. The maximum atomic E-state index is 5.64. The number of aromatic nitrogens is 2. The van der Waals surface area contributed by atoms with Crippen molar-refractivity contribution in [1.82, 2.24) is 9.97 Å². The Morgan fingerprint density at radius 3 is 2.81 bits per heavy atom. The van der Waals surface area contributed by atoms with Crippen molar-refractivity contribution in [1.29, 1.82) is 0 Å². The normalized spacial score (nSPS) is 9.31. The molecule has 2 rings (SSSR count). The van der Waals surface area contributed by atoms with E-state index in [0.29, 0.717) is 11.4 Å². The van der Waals surface area contributed by atoms with Gasteiger partial charge < -0.3 is 5.73 Å². The van der Waals surface area contributed by atoms with E-state index in [1.54, 1.807) is 18.3 Å². The number of nitrogens with zero attached hydrogens (tertiary/aromatic N) is 2. The molecule has 4 heteroatoms. The van der Waals surface area contributed by atoms with Crippen LogP contribution in [-0.4, -0.2) is 9.97 Å². The van der Waals surface area contributed by atoms with Crippen molar-refractivity contribution in [2.45, 2.75) is 0 Å². The van der Waals surface area contributed by atoms with Crippen molar-refractivity contribution in [2.24, 2.45) is 0 Å². The molecule has 1 aromatic carbocycles. The number of anilines is 1. The van der Waals surface area contributed by atoms with Gasteiger partial charge in [0.25, 0.3) is 0 Å². The lowest BCUT2D eigenvalue weighted by Gasteiger charge is -1.92. The van der Waals surface area contributed by atoms with Gasteiger partial charge in [-0.15, -0.1) is 0 Å². The quantitative estimate of drug-likeness (QED) is 0.428. The van der Waals surface area contributed by atoms with Gasteiger partial charge in [-0.05, 0) is 41.8 Å². The SMILES string of the molecule is Nc1cccc(C#Cc2ccnc(Cl)n2)c1. The van der Waals surface area contributed by atoms with Crippen LogP contribution in [0.3, 0.4) is 0 Å². The molecule has 0 aliphatic carbocycles. The van der Waals surface area contributed by atoms with E-state index in [4.69, 9.17) is 17.3 Å². The molecule has 2 aromatic rings. The third kappa shape index (κ3) is 2.72. The van der Waals surface area contributed by atoms with Crippen molar-refractivity contribution >= 4 is 17.3 Å². The minimum Gasteiger partial charge on any atom is -0.399 e. The summed E-state index contributed by atoms with van der Waals surface area (Å²) in [5.41, 5.74) is 7.75. The van der Waals surface area contributed by atoms with Crippen molar-refractivity contribution in [3.05, 3.63) is 53.1 Å². The predicted octanol–water partition coefficient (Wildman–Crippen LogP) is 2.11. The molecule has 0 atom stereocenters. The topological polar surface area (TPSA) is 51.8 Å². The Morgan fingerprint density at radius 1 is 1.19 bits per heavy atom. The Hall–Kier alpha value is -2.05. The second kappa shape index (κ2) is 4.65. The van der Waals surface area contributed by atoms with Crippen LogP contribution >= 0.6 is 11.6 Å². The van der Waals surface area contributed by atoms with Crippen molar-refractivity contribution < 1.29 is 0 Å². The van der Waals surface area contributed by atoms with Crippen molar-refractivity contribution in [3.8, 4) is 11.8 Å². The molecule has 2 N–H and O–H groups in total. The van der Waals surface area contributed by atoms with Crippen LogP contribution in [-0.2, 0) is 0 Å². The number of hydrogen-bond acceptors (Lipinski definition) is 3. The highest BCUT2D eigenvalue weighted by molar-refractivity contribution is 6.28. The van der Waals surface area contributed by atoms with Gasteiger partial charge in [0, 0.05) is 17.4 Å². The molecule has 1 heterocycles. The summed E-state index contributed by atoms with van der Waals surface area (Å²) in [4.78, 5) is 7.74. The number of halogens is 1. The third-order valence-electron chi connectivity index (χ3n) is 1.85. The zero-order valence-electron chi connectivity index (χ0n) is 8.31. The van der Waals surface area contributed by atoms with E-state index in [9.17, 15) is 0 Å². The maximum Gasteiger partial charge on any atom is 0.223 e. The Morgan fingerprint density at radius 2 is 2.06 bits per heavy atom. The summed E-state index contributed by atoms with van der Waals surface area (Å²) in [5, 5.41) is 0.194. The largest absolute Gasteiger partial charge is 0.399 e. The second-order valence-corrected chi connectivity index (χ2v) is 3.42. The lowest BCUT2D eigenvalue weighted by Crippen LogP contribution is -1.86. The van der Waals surface area contributed by atoms with E-state index in [-0.39, 0.29) is 5.28 Å². The zero-order chi connectivity index (χ0) is 11.4. The van der Waals surface area contributed by atoms with Gasteiger partial charge in [0.2, 0.25) is 5.28 Å². The molecule has 16 heavy (non-hydrogen) atoms. The Labute approximate surface area is 98.3 Å². The first-order chi connectivity index (χ1) is 7.74. The summed E-state index contributed by atoms with van der Waals surface area (Å²) in [7, 11) is 0. The molecule has 0 amide bonds. The summed E-state index contributed by atoms with van der Waals surface area (Å²) >= 11 is 5.64. The molecule has 3 nitrogen and oxygen atoms in total. The van der Waals surface area contributed by atoms with Gasteiger partial charge in [-0.2, -0.15) is 0 Å². The fourth-order valence-electron chi connectivity index (χ4n) is 1.16. The Kier molecular flexibility index (Phi) is 3.04. The minimum absolute atomic E-state index is 0.194. The molecular weight excluding hydrogens is 222 g/mol. The molecule has 0 saturated heterocycles. The van der Waals surface area contributed by atoms with E-state index in [1.165, 1.54) is 0 Å². The average molecular weight is 230 g/mol. The highest BCUT2D eigenvalue weighted by Gasteiger charge is 1.92. The van der Waals surface area contributed by atoms with Gasteiger partial charge in [-0.3, -0.25) is 0 Å². The van der Waals surface area contributed by atoms with Crippen LogP contribution in [0.15, 0.2) is 36.5 Å². The van der Waals surface area contributed by atoms with E-state index < -0.39 is 0 Å². The second-order valence-electron chi connectivity index (χ2n) is 3.09. The summed E-state index contributed by atoms with van der Waals surface area (Å²) in [5.74, 6) is 5.84. The predicted molar refractivity (Wildman–Crippen MR) is 63.9 cm³/mol. The lowest BCUT2D eigenvalue weighted by atomic mass is 10.2. The van der Waals surface area contributed by atoms with E-state index in [2.05, 4.69) is 21.8 Å². The van der Waals surface area contributed by atoms with E-state index in [1.807, 2.05) is 18.2 Å². The Balaban J connectivity index is 2.28. The number of benzene rings is 1. The molecule has 0 aliphatic heterocycles. The standard InChI is InChI=1S/C12H8ClN3/c13-12-15-7-6-11(16-12)5-4-9-2-1-3-10(14)8-9/h1-3,6-8H,14H2. The molecule has 0 unspecified atom stereocenters. The highest BCUT2D eigenvalue weighted by Crippen LogP contribution is 2.05. The fraction of sp³-hybridized carbons (Fsp3) is 0. The molecule has 78 valence electrons. The molecular formula is C12H8ClN3. The number of nitrogens with two attached hydrogens (primary N) is 1. The van der Waals surface area contributed by atoms with Gasteiger partial charge in [-0.25, -0.2) is 9.97 Å². The van der Waals surface area contributed by atoms with Crippen molar-refractivity contribution in [3.63, 3.8) is 0 Å². The van der Waals surface area contributed by atoms with Crippen LogP contribution < -0.4 is 5.73 Å². The summed E-state index contributed by atoms with van der Waals surface area (Å²) in [6.07, 6.45) is 1.57. The zero-order valence-corrected chi connectivity index (χ0v) is 9.07. The first-order valence-corrected chi connectivity index (χ1v) is 4.98. The van der Waals surface area contributed by atoms with Gasteiger partial charge in [0.15, 0.2) is 0 Å². The van der Waals surface area contributed by atoms with Crippen LogP contribution in [0.2, 0.25) is 5.28 Å². The maximum absolute atomic E-state index is 5.64. The number of hydrogen-bond donors (Lipinski definition) is 1. The number of nitrogen functional groups attached to an aromatic ring is 1. The fourth-order valence-corrected chi connectivity index (χ4v) is 1.30. The molecule has 0 saturated carbocycles. The first kappa shape index (κ1) is 10.5. The molecule has 0 bridgehead atoms. The van der Waals surface area contributed by atoms with E-state index >= 15 is 0 Å². The van der Waals surface area contributed by atoms with Gasteiger partial charge in [-0.1, -0.05) is 12.0 Å². The van der Waals surface area contributed by atoms with Crippen LogP contribution in [0.4, 0.5) is 5.69 Å². The number of rotatable bonds is 0. The minimum atomic E-state index is 0.194. The van der Waals surface area contributed by atoms with Crippen LogP contribution in [0.25, 0.3) is 0 Å². The Bertz CT molecular complexity index is 520. The lowest BCUT2D eigenvalue weighted by molar-refractivity contribution is 1.15. The van der Waals surface area contributed by atoms with Gasteiger partial charge >= 0.3 is 0 Å². The van der Waals surface area contributed by atoms with Gasteiger partial charge in [0.05, 0.1) is 0 Å². The van der Waals surface area contributed by atoms with Crippen molar-refractivity contribution in [2.75, 3.05) is 5.73 Å².